The van der Waals surface area contributed by atoms with E-state index in [1.165, 1.54) is 12.1 Å². The Hall–Kier alpha value is -1.35. The summed E-state index contributed by atoms with van der Waals surface area (Å²) in [4.78, 5) is 0. The van der Waals surface area contributed by atoms with Gasteiger partial charge >= 0.3 is 19.2 Å². The number of hydrogen-bond acceptors (Lipinski definition) is 3. The van der Waals surface area contributed by atoms with Gasteiger partial charge in [-0.3, -0.25) is 0 Å². The summed E-state index contributed by atoms with van der Waals surface area (Å²) in [6.07, 6.45) is -5.58. The average molecular weight is 351 g/mol. The fourth-order valence-corrected chi connectivity index (χ4v) is 2.05. The van der Waals surface area contributed by atoms with Crippen molar-refractivity contribution in [1.82, 2.24) is 0 Å². The Bertz CT molecular complexity index is 571. The molecule has 1 aromatic carbocycles. The van der Waals surface area contributed by atoms with E-state index in [9.17, 15) is 22.0 Å². The minimum atomic E-state index is -5.58. The molecule has 0 amide bonds. The maximum absolute atomic E-state index is 12.9. The van der Waals surface area contributed by atoms with Gasteiger partial charge in [0.05, 0.1) is 17.7 Å². The molecule has 2 rings (SSSR count). The molecule has 0 unspecified atom stereocenters. The number of alkyl halides is 5. The average Bonchev–Trinajstić information content (AvgIpc) is 2.65. The van der Waals surface area contributed by atoms with Crippen LogP contribution in [-0.2, 0) is 9.31 Å². The number of benzene rings is 1. The summed E-state index contributed by atoms with van der Waals surface area (Å²) >= 11 is 0. The quantitative estimate of drug-likeness (QED) is 0.664. The Labute approximate surface area is 137 Å². The van der Waals surface area contributed by atoms with Crippen molar-refractivity contribution >= 4 is 18.3 Å². The number of nitrogens with one attached hydrogen (secondary N) is 1. The fraction of sp³-hybridized carbons (Fsp3) is 0.600. The van der Waals surface area contributed by atoms with E-state index in [1.54, 1.807) is 12.1 Å². The molecule has 0 atom stereocenters. The third-order valence-corrected chi connectivity index (χ3v) is 4.37. The lowest BCUT2D eigenvalue weighted by Gasteiger charge is -2.32. The predicted octanol–water partition coefficient (Wildman–Crippen LogP) is 3.60. The van der Waals surface area contributed by atoms with Gasteiger partial charge in [-0.05, 0) is 45.3 Å². The minimum absolute atomic E-state index is 0.152. The number of hydrogen-bond donors (Lipinski definition) is 1. The summed E-state index contributed by atoms with van der Waals surface area (Å²) in [7, 11) is -0.624. The molecule has 134 valence electrons. The van der Waals surface area contributed by atoms with Crippen LogP contribution in [0.2, 0.25) is 0 Å². The Morgan fingerprint density at radius 3 is 1.79 bits per heavy atom. The summed E-state index contributed by atoms with van der Waals surface area (Å²) in [5, 5.41) is 2.09. The van der Waals surface area contributed by atoms with Crippen LogP contribution in [0, 0.1) is 0 Å². The second kappa shape index (κ2) is 5.88. The molecule has 0 aromatic heterocycles. The fourth-order valence-electron chi connectivity index (χ4n) is 2.05. The van der Waals surface area contributed by atoms with Crippen molar-refractivity contribution in [1.29, 1.82) is 0 Å². The topological polar surface area (TPSA) is 30.5 Å². The molecule has 1 aromatic rings. The Morgan fingerprint density at radius 2 is 1.38 bits per heavy atom. The molecular weight excluding hydrogens is 332 g/mol. The first-order valence-electron chi connectivity index (χ1n) is 7.39. The van der Waals surface area contributed by atoms with Crippen LogP contribution in [0.25, 0.3) is 0 Å². The standard InChI is InChI=1S/C15H19BF5NO2/c1-12(2)13(3,4)24-16(23-12)10-5-7-11(8-6-10)22-9-14(17,18)15(19,20)21/h5-8,22H,9H2,1-4H3. The molecule has 1 fully saturated rings. The largest absolute Gasteiger partial charge is 0.494 e. The van der Waals surface area contributed by atoms with Gasteiger partial charge in [0.25, 0.3) is 0 Å². The summed E-state index contributed by atoms with van der Waals surface area (Å²) in [5.74, 6) is -4.79. The monoisotopic (exact) mass is 351 g/mol. The smallest absolute Gasteiger partial charge is 0.399 e. The number of halogens is 5. The Balaban J connectivity index is 2.02. The van der Waals surface area contributed by atoms with Crippen LogP contribution >= 0.6 is 0 Å². The first-order valence-corrected chi connectivity index (χ1v) is 7.39. The highest BCUT2D eigenvalue weighted by Crippen LogP contribution is 2.37. The van der Waals surface area contributed by atoms with Crippen LogP contribution in [0.15, 0.2) is 24.3 Å². The van der Waals surface area contributed by atoms with E-state index >= 15 is 0 Å². The highest BCUT2D eigenvalue weighted by molar-refractivity contribution is 6.62. The Kier molecular flexibility index (Phi) is 4.65. The molecule has 0 radical (unpaired) electrons. The van der Waals surface area contributed by atoms with E-state index in [-0.39, 0.29) is 5.69 Å². The van der Waals surface area contributed by atoms with Crippen molar-refractivity contribution in [2.75, 3.05) is 11.9 Å². The van der Waals surface area contributed by atoms with Gasteiger partial charge in [-0.1, -0.05) is 12.1 Å². The molecule has 1 N–H and O–H groups in total. The van der Waals surface area contributed by atoms with Crippen molar-refractivity contribution in [2.45, 2.75) is 51.0 Å². The second-order valence-corrected chi connectivity index (χ2v) is 6.77. The van der Waals surface area contributed by atoms with Crippen LogP contribution in [-0.4, -0.2) is 37.0 Å². The summed E-state index contributed by atoms with van der Waals surface area (Å²) in [5.41, 5.74) is -0.242. The van der Waals surface area contributed by atoms with Gasteiger partial charge in [0.1, 0.15) is 0 Å². The summed E-state index contributed by atoms with van der Waals surface area (Å²) < 4.78 is 73.8. The second-order valence-electron chi connectivity index (χ2n) is 6.77. The molecular formula is C15H19BF5NO2. The first kappa shape index (κ1) is 19.0. The van der Waals surface area contributed by atoms with Gasteiger partial charge in [-0.25, -0.2) is 0 Å². The van der Waals surface area contributed by atoms with Crippen molar-refractivity contribution in [2.24, 2.45) is 0 Å². The highest BCUT2D eigenvalue weighted by atomic mass is 19.4. The van der Waals surface area contributed by atoms with Gasteiger partial charge in [0.15, 0.2) is 0 Å². The molecule has 0 aliphatic carbocycles. The summed E-state index contributed by atoms with van der Waals surface area (Å²) in [6, 6.07) is 5.95. The molecule has 9 heteroatoms. The molecule has 0 saturated carbocycles. The molecule has 1 saturated heterocycles. The van der Waals surface area contributed by atoms with Gasteiger partial charge in [0, 0.05) is 5.69 Å². The molecule has 24 heavy (non-hydrogen) atoms. The van der Waals surface area contributed by atoms with E-state index in [0.717, 1.165) is 0 Å². The van der Waals surface area contributed by atoms with Crippen LogP contribution in [0.4, 0.5) is 27.6 Å². The molecule has 0 bridgehead atoms. The van der Waals surface area contributed by atoms with Gasteiger partial charge in [0.2, 0.25) is 0 Å². The maximum Gasteiger partial charge on any atom is 0.494 e. The van der Waals surface area contributed by atoms with Gasteiger partial charge in [-0.15, -0.1) is 0 Å². The Morgan fingerprint density at radius 1 is 0.917 bits per heavy atom. The predicted molar refractivity (Wildman–Crippen MR) is 81.6 cm³/mol. The van der Waals surface area contributed by atoms with Crippen molar-refractivity contribution in [3.63, 3.8) is 0 Å². The molecule has 1 aliphatic heterocycles. The van der Waals surface area contributed by atoms with E-state index in [0.29, 0.717) is 5.46 Å². The van der Waals surface area contributed by atoms with Crippen molar-refractivity contribution in [3.8, 4) is 0 Å². The van der Waals surface area contributed by atoms with Gasteiger partial charge < -0.3 is 14.6 Å². The van der Waals surface area contributed by atoms with Crippen molar-refractivity contribution in [3.05, 3.63) is 24.3 Å². The van der Waals surface area contributed by atoms with E-state index in [1.807, 2.05) is 27.7 Å². The van der Waals surface area contributed by atoms with Gasteiger partial charge in [-0.2, -0.15) is 22.0 Å². The third kappa shape index (κ3) is 3.67. The lowest BCUT2D eigenvalue weighted by Crippen LogP contribution is -2.42. The summed E-state index contributed by atoms with van der Waals surface area (Å²) in [6.45, 7) is 6.04. The molecule has 3 nitrogen and oxygen atoms in total. The zero-order valence-electron chi connectivity index (χ0n) is 13.8. The highest BCUT2D eigenvalue weighted by Gasteiger charge is 2.57. The minimum Gasteiger partial charge on any atom is -0.399 e. The van der Waals surface area contributed by atoms with Crippen LogP contribution < -0.4 is 10.8 Å². The SMILES string of the molecule is CC1(C)OB(c2ccc(NCC(F)(F)C(F)(F)F)cc2)OC1(C)C. The normalized spacial score (nSPS) is 20.3. The lowest BCUT2D eigenvalue weighted by molar-refractivity contribution is -0.275. The number of anilines is 1. The zero-order chi connectivity index (χ0) is 18.4. The van der Waals surface area contributed by atoms with Crippen LogP contribution in [0.3, 0.4) is 0 Å². The van der Waals surface area contributed by atoms with Crippen molar-refractivity contribution < 1.29 is 31.3 Å². The first-order chi connectivity index (χ1) is 10.8. The maximum atomic E-state index is 12.9. The molecule has 1 aliphatic rings. The van der Waals surface area contributed by atoms with E-state index in [2.05, 4.69) is 5.32 Å². The molecule has 0 spiro atoms. The number of rotatable bonds is 4. The van der Waals surface area contributed by atoms with E-state index < -0.39 is 37.0 Å². The third-order valence-electron chi connectivity index (χ3n) is 4.37. The van der Waals surface area contributed by atoms with E-state index in [4.69, 9.17) is 9.31 Å². The lowest BCUT2D eigenvalue weighted by atomic mass is 9.79. The van der Waals surface area contributed by atoms with Crippen LogP contribution in [0.1, 0.15) is 27.7 Å². The van der Waals surface area contributed by atoms with Crippen LogP contribution in [0.5, 0.6) is 0 Å². The molecule has 1 heterocycles. The zero-order valence-corrected chi connectivity index (χ0v) is 13.8.